The summed E-state index contributed by atoms with van der Waals surface area (Å²) >= 11 is 0. The summed E-state index contributed by atoms with van der Waals surface area (Å²) in [6.45, 7) is 2.57. The maximum atomic E-state index is 12.5. The van der Waals surface area contributed by atoms with E-state index in [1.807, 2.05) is 13.8 Å². The summed E-state index contributed by atoms with van der Waals surface area (Å²) < 4.78 is 70.4. The Morgan fingerprint density at radius 2 is 1.41 bits per heavy atom. The van der Waals surface area contributed by atoms with Crippen molar-refractivity contribution in [2.24, 2.45) is 0 Å². The first kappa shape index (κ1) is 24.8. The highest BCUT2D eigenvalue weighted by Crippen LogP contribution is 2.27. The number of hydrogen-bond donors (Lipinski definition) is 1. The van der Waals surface area contributed by atoms with Gasteiger partial charge in [0.2, 0.25) is 0 Å². The molecule has 176 valence electrons. The molecule has 0 saturated carbocycles. The quantitative estimate of drug-likeness (QED) is 0.501. The zero-order valence-corrected chi connectivity index (χ0v) is 19.4. The molecule has 11 heteroatoms. The van der Waals surface area contributed by atoms with Crippen LogP contribution in [-0.4, -0.2) is 60.3 Å². The van der Waals surface area contributed by atoms with Gasteiger partial charge in [0.1, 0.15) is 12.4 Å². The van der Waals surface area contributed by atoms with Gasteiger partial charge in [0, 0.05) is 6.42 Å². The van der Waals surface area contributed by atoms with Gasteiger partial charge in [-0.15, -0.1) is 0 Å². The molecule has 0 bridgehead atoms. The van der Waals surface area contributed by atoms with E-state index in [-0.39, 0.29) is 29.6 Å². The molecular formula is C21H26O9S2. The van der Waals surface area contributed by atoms with E-state index in [1.54, 1.807) is 24.3 Å². The Labute approximate surface area is 188 Å². The van der Waals surface area contributed by atoms with Gasteiger partial charge in [0.25, 0.3) is 20.2 Å². The van der Waals surface area contributed by atoms with Gasteiger partial charge < -0.3 is 14.6 Å². The lowest BCUT2D eigenvalue weighted by atomic mass is 9.98. The zero-order chi connectivity index (χ0) is 23.4. The Kier molecular flexibility index (Phi) is 7.71. The van der Waals surface area contributed by atoms with Gasteiger partial charge in [-0.1, -0.05) is 35.4 Å². The summed E-state index contributed by atoms with van der Waals surface area (Å²) in [5, 5.41) is 10.4. The van der Waals surface area contributed by atoms with Crippen LogP contribution in [0.25, 0.3) is 0 Å². The standard InChI is InChI=1S/C21H26O9S2/c1-16-3-7-19(8-4-16)31(23,24)29-12-18(22)11-21(13-27-15-28-21)14-30-32(25,26)20-9-5-17(2)6-10-20/h3-10,18,22H,11-15H2,1-2H3/t18-,21+/m0/s1. The molecule has 9 nitrogen and oxygen atoms in total. The van der Waals surface area contributed by atoms with E-state index in [4.69, 9.17) is 17.8 Å². The summed E-state index contributed by atoms with van der Waals surface area (Å²) in [4.78, 5) is -0.0387. The fourth-order valence-corrected chi connectivity index (χ4v) is 5.00. The highest BCUT2D eigenvalue weighted by Gasteiger charge is 2.40. The van der Waals surface area contributed by atoms with Crippen molar-refractivity contribution in [3.05, 3.63) is 59.7 Å². The highest BCUT2D eigenvalue weighted by atomic mass is 32.2. The van der Waals surface area contributed by atoms with Crippen LogP contribution in [0.2, 0.25) is 0 Å². The zero-order valence-electron chi connectivity index (χ0n) is 17.8. The molecule has 0 spiro atoms. The molecule has 2 aromatic rings. The average Bonchev–Trinajstić information content (AvgIpc) is 3.20. The van der Waals surface area contributed by atoms with E-state index >= 15 is 0 Å². The van der Waals surface area contributed by atoms with Crippen LogP contribution in [0.5, 0.6) is 0 Å². The number of aryl methyl sites for hydroxylation is 2. The second-order valence-corrected chi connectivity index (χ2v) is 11.0. The third-order valence-electron chi connectivity index (χ3n) is 4.93. The van der Waals surface area contributed by atoms with E-state index in [1.165, 1.54) is 24.3 Å². The molecule has 2 atom stereocenters. The number of aliphatic hydroxyl groups is 1. The third kappa shape index (κ3) is 6.35. The lowest BCUT2D eigenvalue weighted by Crippen LogP contribution is -2.42. The van der Waals surface area contributed by atoms with Crippen molar-refractivity contribution in [3.63, 3.8) is 0 Å². The maximum absolute atomic E-state index is 12.5. The molecule has 0 unspecified atom stereocenters. The van der Waals surface area contributed by atoms with Crippen LogP contribution in [0.4, 0.5) is 0 Å². The second-order valence-electron chi connectivity index (χ2n) is 7.73. The number of hydrogen-bond acceptors (Lipinski definition) is 9. The number of ether oxygens (including phenoxy) is 2. The van der Waals surface area contributed by atoms with Crippen LogP contribution in [0.1, 0.15) is 17.5 Å². The van der Waals surface area contributed by atoms with E-state index in [0.29, 0.717) is 0 Å². The van der Waals surface area contributed by atoms with Crippen LogP contribution < -0.4 is 0 Å². The minimum Gasteiger partial charge on any atom is -0.391 e. The minimum absolute atomic E-state index is 0.00904. The molecule has 0 amide bonds. The summed E-state index contributed by atoms with van der Waals surface area (Å²) in [7, 11) is -8.12. The van der Waals surface area contributed by atoms with Crippen LogP contribution in [0.3, 0.4) is 0 Å². The van der Waals surface area contributed by atoms with Crippen molar-refractivity contribution in [2.75, 3.05) is 26.6 Å². The normalized spacial score (nSPS) is 20.3. The predicted octanol–water partition coefficient (Wildman–Crippen LogP) is 1.91. The third-order valence-corrected chi connectivity index (χ3v) is 7.51. The summed E-state index contributed by atoms with van der Waals surface area (Å²) in [6, 6.07) is 12.3. The first-order valence-corrected chi connectivity index (χ1v) is 12.7. The van der Waals surface area contributed by atoms with Crippen LogP contribution in [-0.2, 0) is 38.1 Å². The largest absolute Gasteiger partial charge is 0.391 e. The van der Waals surface area contributed by atoms with Crippen molar-refractivity contribution >= 4 is 20.2 Å². The Bertz CT molecular complexity index is 1100. The first-order valence-electron chi connectivity index (χ1n) is 9.83. The maximum Gasteiger partial charge on any atom is 0.297 e. The molecule has 1 aliphatic rings. The number of aliphatic hydroxyl groups excluding tert-OH is 1. The molecule has 1 aliphatic heterocycles. The van der Waals surface area contributed by atoms with E-state index < -0.39 is 45.2 Å². The van der Waals surface area contributed by atoms with E-state index in [2.05, 4.69) is 0 Å². The Morgan fingerprint density at radius 3 is 1.88 bits per heavy atom. The smallest absolute Gasteiger partial charge is 0.297 e. The lowest BCUT2D eigenvalue weighted by molar-refractivity contribution is -0.0643. The Balaban J connectivity index is 1.61. The van der Waals surface area contributed by atoms with Crippen LogP contribution in [0.15, 0.2) is 58.3 Å². The molecule has 1 N–H and O–H groups in total. The molecule has 0 radical (unpaired) electrons. The fourth-order valence-electron chi connectivity index (χ4n) is 3.08. The minimum atomic E-state index is -4.06. The van der Waals surface area contributed by atoms with Gasteiger partial charge in [-0.3, -0.25) is 8.37 Å². The molecule has 1 fully saturated rings. The first-order chi connectivity index (χ1) is 15.0. The second kappa shape index (κ2) is 9.96. The molecule has 0 aromatic heterocycles. The Hall–Kier alpha value is -1.86. The number of rotatable bonds is 10. The van der Waals surface area contributed by atoms with Crippen LogP contribution in [0, 0.1) is 13.8 Å². The van der Waals surface area contributed by atoms with Crippen molar-refractivity contribution in [1.82, 2.24) is 0 Å². The molecule has 3 rings (SSSR count). The molecule has 1 heterocycles. The lowest BCUT2D eigenvalue weighted by Gasteiger charge is -2.28. The van der Waals surface area contributed by atoms with Crippen LogP contribution >= 0.6 is 0 Å². The number of benzene rings is 2. The Morgan fingerprint density at radius 1 is 0.906 bits per heavy atom. The molecule has 32 heavy (non-hydrogen) atoms. The molecule has 2 aromatic carbocycles. The topological polar surface area (TPSA) is 125 Å². The van der Waals surface area contributed by atoms with Crippen molar-refractivity contribution in [2.45, 2.75) is 41.8 Å². The van der Waals surface area contributed by atoms with Gasteiger partial charge >= 0.3 is 0 Å². The van der Waals surface area contributed by atoms with Gasteiger partial charge in [-0.2, -0.15) is 16.8 Å². The van der Waals surface area contributed by atoms with Gasteiger partial charge in [0.05, 0.1) is 35.7 Å². The summed E-state index contributed by atoms with van der Waals surface area (Å²) in [5.74, 6) is 0. The highest BCUT2D eigenvalue weighted by molar-refractivity contribution is 7.87. The molecular weight excluding hydrogens is 460 g/mol. The van der Waals surface area contributed by atoms with Gasteiger partial charge in [-0.05, 0) is 38.1 Å². The van der Waals surface area contributed by atoms with Crippen molar-refractivity contribution in [3.8, 4) is 0 Å². The van der Waals surface area contributed by atoms with Crippen molar-refractivity contribution in [1.29, 1.82) is 0 Å². The van der Waals surface area contributed by atoms with E-state index in [0.717, 1.165) is 11.1 Å². The van der Waals surface area contributed by atoms with Gasteiger partial charge in [0.15, 0.2) is 0 Å². The predicted molar refractivity (Wildman–Crippen MR) is 114 cm³/mol. The summed E-state index contributed by atoms with van der Waals surface area (Å²) in [5.41, 5.74) is 0.523. The average molecular weight is 487 g/mol. The van der Waals surface area contributed by atoms with E-state index in [9.17, 15) is 21.9 Å². The van der Waals surface area contributed by atoms with Crippen molar-refractivity contribution < 1.29 is 39.8 Å². The summed E-state index contributed by atoms with van der Waals surface area (Å²) in [6.07, 6.45) is -1.43. The van der Waals surface area contributed by atoms with Gasteiger partial charge in [-0.25, -0.2) is 0 Å². The SMILES string of the molecule is Cc1ccc(S(=O)(=O)OC[C@@H](O)C[C@]2(COS(=O)(=O)c3ccc(C)cc3)COCO2)cc1. The molecule has 1 saturated heterocycles. The fraction of sp³-hybridized carbons (Fsp3) is 0.429. The molecule has 0 aliphatic carbocycles. The monoisotopic (exact) mass is 486 g/mol.